The molecule has 0 amide bonds. The van der Waals surface area contributed by atoms with Crippen molar-refractivity contribution in [1.82, 2.24) is 0 Å². The molecule has 4 N–H and O–H groups in total. The number of hydrogen-bond donors (Lipinski definition) is 4. The topological polar surface area (TPSA) is 124 Å². The number of benzene rings is 1. The first-order valence-electron chi connectivity index (χ1n) is 7.39. The van der Waals surface area contributed by atoms with E-state index in [2.05, 4.69) is 0 Å². The van der Waals surface area contributed by atoms with Crippen molar-refractivity contribution in [3.05, 3.63) is 35.4 Å². The van der Waals surface area contributed by atoms with E-state index in [1.807, 2.05) is 0 Å². The molecule has 0 aliphatic heterocycles. The van der Waals surface area contributed by atoms with Gasteiger partial charge < -0.3 is 25.2 Å². The highest BCUT2D eigenvalue weighted by atomic mass is 16.5. The number of aliphatic hydroxyl groups excluding tert-OH is 2. The van der Waals surface area contributed by atoms with Crippen LogP contribution in [0.15, 0.2) is 24.3 Å². The van der Waals surface area contributed by atoms with Gasteiger partial charge in [0.1, 0.15) is 0 Å². The van der Waals surface area contributed by atoms with Crippen LogP contribution in [0.1, 0.15) is 46.4 Å². The number of aliphatic hydroxyl groups is 2. The normalized spacial score (nSPS) is 9.83. The van der Waals surface area contributed by atoms with Crippen molar-refractivity contribution in [2.24, 2.45) is 0 Å². The zero-order valence-electron chi connectivity index (χ0n) is 13.0. The third kappa shape index (κ3) is 10.4. The molecule has 0 radical (unpaired) electrons. The van der Waals surface area contributed by atoms with E-state index in [4.69, 9.17) is 25.2 Å². The molecular formula is C16H24O7. The van der Waals surface area contributed by atoms with Crippen LogP contribution in [-0.2, 0) is 4.74 Å². The van der Waals surface area contributed by atoms with Crippen LogP contribution in [0.5, 0.6) is 0 Å². The average molecular weight is 328 g/mol. The fraction of sp³-hybridized carbons (Fsp3) is 0.500. The van der Waals surface area contributed by atoms with Crippen molar-refractivity contribution >= 4 is 11.9 Å². The van der Waals surface area contributed by atoms with Gasteiger partial charge in [0.25, 0.3) is 0 Å². The van der Waals surface area contributed by atoms with E-state index >= 15 is 0 Å². The van der Waals surface area contributed by atoms with Gasteiger partial charge in [0, 0.05) is 26.4 Å². The molecule has 7 heteroatoms. The summed E-state index contributed by atoms with van der Waals surface area (Å²) in [4.78, 5) is 20.9. The second-order valence-electron chi connectivity index (χ2n) is 4.63. The van der Waals surface area contributed by atoms with Crippen LogP contribution in [0, 0.1) is 0 Å². The second kappa shape index (κ2) is 13.7. The van der Waals surface area contributed by atoms with Gasteiger partial charge in [0.05, 0.1) is 11.1 Å². The summed E-state index contributed by atoms with van der Waals surface area (Å²) in [6, 6.07) is 5.48. The third-order valence-corrected chi connectivity index (χ3v) is 2.78. The highest BCUT2D eigenvalue weighted by Crippen LogP contribution is 2.07. The van der Waals surface area contributed by atoms with Gasteiger partial charge in [-0.1, -0.05) is 12.1 Å². The molecule has 0 heterocycles. The number of rotatable bonds is 10. The summed E-state index contributed by atoms with van der Waals surface area (Å²) in [5.74, 6) is -2.46. The summed E-state index contributed by atoms with van der Waals surface area (Å²) in [6.45, 7) is 1.96. The molecule has 0 unspecified atom stereocenters. The number of unbranched alkanes of at least 4 members (excludes halogenated alkanes) is 2. The summed E-state index contributed by atoms with van der Waals surface area (Å²) in [6.07, 6.45) is 3.49. The minimum absolute atomic E-state index is 0.190. The Hall–Kier alpha value is -1.96. The fourth-order valence-electron chi connectivity index (χ4n) is 1.59. The summed E-state index contributed by atoms with van der Waals surface area (Å²) in [5.41, 5.74) is -0.380. The molecule has 0 aliphatic rings. The molecule has 130 valence electrons. The highest BCUT2D eigenvalue weighted by molar-refractivity contribution is 6.01. The maximum Gasteiger partial charge on any atom is 0.336 e. The Morgan fingerprint density at radius 2 is 1.17 bits per heavy atom. The van der Waals surface area contributed by atoms with Crippen LogP contribution in [0.4, 0.5) is 0 Å². The van der Waals surface area contributed by atoms with Gasteiger partial charge in [-0.15, -0.1) is 0 Å². The Labute approximate surface area is 135 Å². The summed E-state index contributed by atoms with van der Waals surface area (Å²) >= 11 is 0. The predicted molar refractivity (Wildman–Crippen MR) is 83.8 cm³/mol. The minimum atomic E-state index is -1.23. The summed E-state index contributed by atoms with van der Waals surface area (Å²) in [5, 5.41) is 33.9. The van der Waals surface area contributed by atoms with Crippen LogP contribution in [0.25, 0.3) is 0 Å². The van der Waals surface area contributed by atoms with E-state index in [1.54, 1.807) is 0 Å². The maximum atomic E-state index is 10.5. The molecular weight excluding hydrogens is 304 g/mol. The fourth-order valence-corrected chi connectivity index (χ4v) is 1.59. The molecule has 23 heavy (non-hydrogen) atoms. The molecule has 0 saturated carbocycles. The van der Waals surface area contributed by atoms with E-state index in [-0.39, 0.29) is 24.3 Å². The quantitative estimate of drug-likeness (QED) is 0.481. The van der Waals surface area contributed by atoms with Crippen LogP contribution >= 0.6 is 0 Å². The molecule has 0 fully saturated rings. The lowest BCUT2D eigenvalue weighted by Crippen LogP contribution is -2.06. The largest absolute Gasteiger partial charge is 0.478 e. The summed E-state index contributed by atoms with van der Waals surface area (Å²) < 4.78 is 5.22. The van der Waals surface area contributed by atoms with Crippen molar-refractivity contribution in [2.45, 2.75) is 25.7 Å². The van der Waals surface area contributed by atoms with Gasteiger partial charge >= 0.3 is 11.9 Å². The number of aromatic carboxylic acids is 2. The van der Waals surface area contributed by atoms with Crippen LogP contribution in [-0.4, -0.2) is 58.8 Å². The van der Waals surface area contributed by atoms with Gasteiger partial charge in [-0.25, -0.2) is 9.59 Å². The van der Waals surface area contributed by atoms with Crippen molar-refractivity contribution in [3.63, 3.8) is 0 Å². The van der Waals surface area contributed by atoms with E-state index in [0.717, 1.165) is 38.9 Å². The molecule has 0 spiro atoms. The first-order chi connectivity index (χ1) is 11.0. The van der Waals surface area contributed by atoms with Gasteiger partial charge in [-0.3, -0.25) is 0 Å². The lowest BCUT2D eigenvalue weighted by Gasteiger charge is -2.01. The number of carboxylic acid groups (broad SMARTS) is 2. The van der Waals surface area contributed by atoms with E-state index in [9.17, 15) is 9.59 Å². The Morgan fingerprint density at radius 3 is 1.48 bits per heavy atom. The van der Waals surface area contributed by atoms with E-state index in [0.29, 0.717) is 0 Å². The Morgan fingerprint density at radius 1 is 0.783 bits per heavy atom. The molecule has 7 nitrogen and oxygen atoms in total. The average Bonchev–Trinajstić information content (AvgIpc) is 2.54. The van der Waals surface area contributed by atoms with E-state index < -0.39 is 11.9 Å². The Balaban J connectivity index is 0.000000423. The molecule has 0 saturated heterocycles. The van der Waals surface area contributed by atoms with Gasteiger partial charge in [0.2, 0.25) is 0 Å². The number of ether oxygens (including phenoxy) is 1. The zero-order chi connectivity index (χ0) is 17.5. The van der Waals surface area contributed by atoms with Crippen molar-refractivity contribution in [1.29, 1.82) is 0 Å². The SMILES string of the molecule is O=C(O)c1ccccc1C(=O)O.OCCCCOCCCCO. The molecule has 0 aliphatic carbocycles. The molecule has 0 aromatic heterocycles. The van der Waals surface area contributed by atoms with Crippen molar-refractivity contribution in [3.8, 4) is 0 Å². The van der Waals surface area contributed by atoms with Crippen LogP contribution in [0.3, 0.4) is 0 Å². The van der Waals surface area contributed by atoms with Gasteiger partial charge in [-0.2, -0.15) is 0 Å². The first kappa shape index (κ1) is 21.0. The standard InChI is InChI=1S/C8H6O4.C8H18O3/c9-7(10)5-3-1-2-4-6(5)8(11)12;9-5-1-3-7-11-8-4-2-6-10/h1-4H,(H,9,10)(H,11,12);9-10H,1-8H2. The van der Waals surface area contributed by atoms with Crippen molar-refractivity contribution < 1.29 is 34.8 Å². The number of hydrogen-bond acceptors (Lipinski definition) is 5. The minimum Gasteiger partial charge on any atom is -0.478 e. The Kier molecular flexibility index (Phi) is 12.5. The van der Waals surface area contributed by atoms with Crippen LogP contribution < -0.4 is 0 Å². The zero-order valence-corrected chi connectivity index (χ0v) is 13.0. The molecule has 0 atom stereocenters. The lowest BCUT2D eigenvalue weighted by atomic mass is 10.1. The maximum absolute atomic E-state index is 10.5. The highest BCUT2D eigenvalue weighted by Gasteiger charge is 2.13. The third-order valence-electron chi connectivity index (χ3n) is 2.78. The lowest BCUT2D eigenvalue weighted by molar-refractivity contribution is 0.0651. The molecule has 1 rings (SSSR count). The monoisotopic (exact) mass is 328 g/mol. The second-order valence-corrected chi connectivity index (χ2v) is 4.63. The summed E-state index contributed by atoms with van der Waals surface area (Å²) in [7, 11) is 0. The van der Waals surface area contributed by atoms with E-state index in [1.165, 1.54) is 24.3 Å². The number of carbonyl (C=O) groups is 2. The van der Waals surface area contributed by atoms with Crippen LogP contribution in [0.2, 0.25) is 0 Å². The number of carboxylic acids is 2. The van der Waals surface area contributed by atoms with Gasteiger partial charge in [-0.05, 0) is 37.8 Å². The predicted octanol–water partition coefficient (Wildman–Crippen LogP) is 1.63. The Bertz CT molecular complexity index is 418. The smallest absolute Gasteiger partial charge is 0.336 e. The molecule has 1 aromatic rings. The van der Waals surface area contributed by atoms with Crippen molar-refractivity contribution in [2.75, 3.05) is 26.4 Å². The van der Waals surface area contributed by atoms with Gasteiger partial charge in [0.15, 0.2) is 0 Å². The molecule has 1 aromatic carbocycles. The first-order valence-corrected chi connectivity index (χ1v) is 7.39. The molecule has 0 bridgehead atoms.